The third-order valence-electron chi connectivity index (χ3n) is 5.15. The van der Waals surface area contributed by atoms with Gasteiger partial charge in [0.05, 0.1) is 28.7 Å². The summed E-state index contributed by atoms with van der Waals surface area (Å²) in [6.45, 7) is 2.07. The van der Waals surface area contributed by atoms with Gasteiger partial charge in [-0.25, -0.2) is 8.42 Å². The van der Waals surface area contributed by atoms with E-state index < -0.39 is 9.84 Å². The van der Waals surface area contributed by atoms with Crippen LogP contribution in [-0.4, -0.2) is 29.2 Å². The molecule has 2 N–H and O–H groups in total. The van der Waals surface area contributed by atoms with Crippen LogP contribution < -0.4 is 5.32 Å². The zero-order chi connectivity index (χ0) is 23.6. The molecule has 4 rings (SSSR count). The number of rotatable bonds is 8. The van der Waals surface area contributed by atoms with E-state index in [9.17, 15) is 18.3 Å². The molecule has 0 bridgehead atoms. The first-order valence-corrected chi connectivity index (χ1v) is 13.0. The molecule has 1 amide bonds. The molecule has 0 saturated carbocycles. The van der Waals surface area contributed by atoms with Crippen molar-refractivity contribution in [1.29, 1.82) is 0 Å². The van der Waals surface area contributed by atoms with Gasteiger partial charge in [0.2, 0.25) is 5.91 Å². The van der Waals surface area contributed by atoms with Crippen LogP contribution in [0.4, 0.5) is 0 Å². The molecule has 0 atom stereocenters. The van der Waals surface area contributed by atoms with Crippen LogP contribution >= 0.6 is 22.9 Å². The zero-order valence-electron chi connectivity index (χ0n) is 17.8. The van der Waals surface area contributed by atoms with Crippen molar-refractivity contribution in [2.45, 2.75) is 36.6 Å². The average molecular weight is 504 g/mol. The second-order valence-electron chi connectivity index (χ2n) is 7.62. The lowest BCUT2D eigenvalue weighted by Crippen LogP contribution is -2.19. The van der Waals surface area contributed by atoms with Gasteiger partial charge in [-0.15, -0.1) is 11.3 Å². The van der Waals surface area contributed by atoms with Crippen LogP contribution in [0.3, 0.4) is 0 Å². The first-order valence-electron chi connectivity index (χ1n) is 10.2. The fraction of sp³-hybridized carbons (Fsp3) is 0.217. The molecular formula is C23H22ClN3O4S2. The smallest absolute Gasteiger partial charge is 0.217 e. The maximum atomic E-state index is 13.0. The molecule has 33 heavy (non-hydrogen) atoms. The third-order valence-corrected chi connectivity index (χ3v) is 8.59. The number of aromatic nitrogens is 2. The highest BCUT2D eigenvalue weighted by Gasteiger charge is 2.23. The molecule has 172 valence electrons. The highest BCUT2D eigenvalue weighted by atomic mass is 35.5. The van der Waals surface area contributed by atoms with Gasteiger partial charge in [0.25, 0.3) is 0 Å². The van der Waals surface area contributed by atoms with E-state index in [0.717, 1.165) is 28.0 Å². The van der Waals surface area contributed by atoms with Gasteiger partial charge in [-0.05, 0) is 34.9 Å². The van der Waals surface area contributed by atoms with Crippen LogP contribution in [0, 0.1) is 0 Å². The first kappa shape index (κ1) is 23.4. The number of benzene rings is 2. The Balaban J connectivity index is 1.72. The summed E-state index contributed by atoms with van der Waals surface area (Å²) in [5.74, 6) is -0.402. The minimum atomic E-state index is -3.65. The Kier molecular flexibility index (Phi) is 6.85. The fourth-order valence-electron chi connectivity index (χ4n) is 3.69. The maximum Gasteiger partial charge on any atom is 0.217 e. The van der Waals surface area contributed by atoms with E-state index in [2.05, 4.69) is 10.4 Å². The predicted molar refractivity (Wildman–Crippen MR) is 129 cm³/mol. The molecule has 0 spiro atoms. The van der Waals surface area contributed by atoms with E-state index >= 15 is 0 Å². The van der Waals surface area contributed by atoms with Crippen molar-refractivity contribution >= 4 is 49.6 Å². The summed E-state index contributed by atoms with van der Waals surface area (Å²) in [4.78, 5) is 11.2. The summed E-state index contributed by atoms with van der Waals surface area (Å²) in [6.07, 6.45) is 0. The molecular weight excluding hydrogens is 482 g/mol. The van der Waals surface area contributed by atoms with Crippen molar-refractivity contribution in [2.75, 3.05) is 0 Å². The van der Waals surface area contributed by atoms with Crippen molar-refractivity contribution in [2.24, 2.45) is 0 Å². The normalized spacial score (nSPS) is 11.7. The lowest BCUT2D eigenvalue weighted by atomic mass is 10.1. The van der Waals surface area contributed by atoms with Gasteiger partial charge in [0.15, 0.2) is 9.84 Å². The highest BCUT2D eigenvalue weighted by Crippen LogP contribution is 2.31. The van der Waals surface area contributed by atoms with E-state index in [1.807, 2.05) is 36.4 Å². The number of fused-ring (bicyclic) bond motifs is 1. The molecule has 2 aromatic heterocycles. The molecule has 7 nitrogen and oxygen atoms in total. The average Bonchev–Trinajstić information content (AvgIpc) is 3.37. The number of hydrogen-bond acceptors (Lipinski definition) is 6. The van der Waals surface area contributed by atoms with E-state index in [1.165, 1.54) is 13.0 Å². The van der Waals surface area contributed by atoms with Crippen LogP contribution in [-0.2, 0) is 40.1 Å². The van der Waals surface area contributed by atoms with Crippen molar-refractivity contribution in [3.63, 3.8) is 0 Å². The van der Waals surface area contributed by atoms with Crippen molar-refractivity contribution in [3.8, 4) is 0 Å². The molecule has 0 aliphatic rings. The fourth-order valence-corrected chi connectivity index (χ4v) is 6.54. The number of sulfone groups is 1. The molecule has 0 radical (unpaired) electrons. The summed E-state index contributed by atoms with van der Waals surface area (Å²) < 4.78 is 28.3. The lowest BCUT2D eigenvalue weighted by Gasteiger charge is -2.08. The van der Waals surface area contributed by atoms with Crippen LogP contribution in [0.25, 0.3) is 10.9 Å². The van der Waals surface area contributed by atoms with Crippen LogP contribution in [0.5, 0.6) is 0 Å². The number of hydrogen-bond donors (Lipinski definition) is 2. The number of carbonyl (C=O) groups excluding carboxylic acids is 1. The van der Waals surface area contributed by atoms with E-state index in [4.69, 9.17) is 11.6 Å². The van der Waals surface area contributed by atoms with Crippen LogP contribution in [0.2, 0.25) is 4.34 Å². The Morgan fingerprint density at radius 2 is 1.91 bits per heavy atom. The summed E-state index contributed by atoms with van der Waals surface area (Å²) in [6, 6.07) is 16.3. The van der Waals surface area contributed by atoms with E-state index in [-0.39, 0.29) is 22.5 Å². The van der Waals surface area contributed by atoms with Gasteiger partial charge in [-0.1, -0.05) is 48.0 Å². The minimum absolute atomic E-state index is 0.104. The number of halogens is 1. The van der Waals surface area contributed by atoms with Gasteiger partial charge in [0.1, 0.15) is 9.96 Å². The molecule has 0 fully saturated rings. The van der Waals surface area contributed by atoms with Gasteiger partial charge in [-0.2, -0.15) is 5.10 Å². The maximum absolute atomic E-state index is 13.0. The predicted octanol–water partition coefficient (Wildman–Crippen LogP) is 3.90. The summed E-state index contributed by atoms with van der Waals surface area (Å²) in [5, 5.41) is 17.9. The first-order chi connectivity index (χ1) is 15.8. The van der Waals surface area contributed by atoms with E-state index in [1.54, 1.807) is 16.8 Å². The van der Waals surface area contributed by atoms with Gasteiger partial charge in [-0.3, -0.25) is 9.48 Å². The Bertz CT molecular complexity index is 1430. The largest absolute Gasteiger partial charge is 0.392 e. The number of amides is 1. The number of nitrogens with zero attached hydrogens (tertiary/aromatic N) is 2. The van der Waals surface area contributed by atoms with Crippen LogP contribution in [0.1, 0.15) is 29.3 Å². The standard InChI is InChI=1S/C23H22ClN3O4S2/c1-15(29)25-11-16-4-2-5-17(10-16)12-27-20-7-3-6-18(13-28)23(20)19(26-27)14-33(30,31)22-9-8-21(24)32-22/h2-10,28H,11-14H2,1H3,(H,25,29). The second kappa shape index (κ2) is 9.64. The number of thiophene rings is 1. The van der Waals surface area contributed by atoms with Crippen LogP contribution in [0.15, 0.2) is 58.8 Å². The van der Waals surface area contributed by atoms with Crippen molar-refractivity contribution in [3.05, 3.63) is 81.3 Å². The Hall–Kier alpha value is -2.72. The Morgan fingerprint density at radius 1 is 1.15 bits per heavy atom. The number of carbonyl (C=O) groups is 1. The number of aliphatic hydroxyl groups is 1. The molecule has 2 heterocycles. The molecule has 0 saturated heterocycles. The molecule has 4 aromatic rings. The zero-order valence-corrected chi connectivity index (χ0v) is 20.2. The highest BCUT2D eigenvalue weighted by molar-refractivity contribution is 7.92. The lowest BCUT2D eigenvalue weighted by molar-refractivity contribution is -0.119. The van der Waals surface area contributed by atoms with Crippen molar-refractivity contribution < 1.29 is 18.3 Å². The van der Waals surface area contributed by atoms with Gasteiger partial charge in [0, 0.05) is 18.9 Å². The quantitative estimate of drug-likeness (QED) is 0.379. The van der Waals surface area contributed by atoms with E-state index in [0.29, 0.717) is 34.1 Å². The topological polar surface area (TPSA) is 101 Å². The van der Waals surface area contributed by atoms with Crippen molar-refractivity contribution in [1.82, 2.24) is 15.1 Å². The monoisotopic (exact) mass is 503 g/mol. The summed E-state index contributed by atoms with van der Waals surface area (Å²) >= 11 is 6.95. The molecule has 0 aliphatic carbocycles. The van der Waals surface area contributed by atoms with Gasteiger partial charge < -0.3 is 10.4 Å². The SMILES string of the molecule is CC(=O)NCc1cccc(Cn2nc(CS(=O)(=O)c3ccc(Cl)s3)c3c(CO)cccc32)c1. The number of aliphatic hydroxyl groups excluding tert-OH is 1. The molecule has 10 heteroatoms. The Morgan fingerprint density at radius 3 is 2.61 bits per heavy atom. The number of nitrogens with one attached hydrogen (secondary N) is 1. The minimum Gasteiger partial charge on any atom is -0.392 e. The van der Waals surface area contributed by atoms with Gasteiger partial charge >= 0.3 is 0 Å². The third kappa shape index (κ3) is 5.27. The molecule has 2 aromatic carbocycles. The molecule has 0 unspecified atom stereocenters. The Labute approximate surface area is 200 Å². The summed E-state index contributed by atoms with van der Waals surface area (Å²) in [7, 11) is -3.65. The molecule has 0 aliphatic heterocycles. The second-order valence-corrected chi connectivity index (χ2v) is 11.6. The summed E-state index contributed by atoms with van der Waals surface area (Å²) in [5.41, 5.74) is 3.65.